The first-order chi connectivity index (χ1) is 17.8. The number of aromatic nitrogens is 5. The van der Waals surface area contributed by atoms with Crippen LogP contribution >= 0.6 is 0 Å². The van der Waals surface area contributed by atoms with Crippen LogP contribution in [-0.4, -0.2) is 14.1 Å². The number of hydrogen-bond acceptors (Lipinski definition) is 1. The molecule has 0 bridgehead atoms. The highest BCUT2D eigenvalue weighted by molar-refractivity contribution is 5.24. The second kappa shape index (κ2) is 8.90. The van der Waals surface area contributed by atoms with Crippen molar-refractivity contribution in [1.82, 2.24) is 14.1 Å². The van der Waals surface area contributed by atoms with Crippen LogP contribution in [0.5, 0.6) is 0 Å². The third kappa shape index (κ3) is 3.95. The van der Waals surface area contributed by atoms with E-state index in [-0.39, 0.29) is 0 Å². The molecule has 0 amide bonds. The maximum atomic E-state index is 5.02. The lowest BCUT2D eigenvalue weighted by Crippen LogP contribution is -2.34. The number of imidazole rings is 2. The summed E-state index contributed by atoms with van der Waals surface area (Å²) in [6.07, 6.45) is 13.7. The normalized spacial score (nSPS) is 18.3. The standard InChI is InChI=1S/C31H31N5/c1-3-8-24(9-4-1)30-16-14-28-20-33(22-35(28)30)18-26-12-7-13-27(32-26)19-34-21-29-15-17-31(36(29)23-34)25-10-5-2-6-11-25/h1-13,20-23,30-31H,14-19H2/q+2/t30-,31-/m1/s1. The number of hydrogen-bond donors (Lipinski definition) is 0. The molecule has 178 valence electrons. The quantitative estimate of drug-likeness (QED) is 0.336. The van der Waals surface area contributed by atoms with E-state index in [1.165, 1.54) is 35.4 Å². The summed E-state index contributed by atoms with van der Waals surface area (Å²) in [6.45, 7) is 1.59. The van der Waals surface area contributed by atoms with Crippen LogP contribution in [0.4, 0.5) is 0 Å². The van der Waals surface area contributed by atoms with E-state index in [0.717, 1.165) is 37.3 Å². The van der Waals surface area contributed by atoms with Gasteiger partial charge in [0.1, 0.15) is 49.0 Å². The van der Waals surface area contributed by atoms with E-state index in [2.05, 4.69) is 122 Å². The number of benzene rings is 2. The minimum absolute atomic E-state index is 0.439. The van der Waals surface area contributed by atoms with Gasteiger partial charge in [0, 0.05) is 25.7 Å². The molecule has 5 heterocycles. The summed E-state index contributed by atoms with van der Waals surface area (Å²) in [6, 6.07) is 29.0. The molecule has 0 spiro atoms. The molecule has 5 heteroatoms. The molecule has 0 aliphatic carbocycles. The van der Waals surface area contributed by atoms with Gasteiger partial charge in [0.2, 0.25) is 12.7 Å². The molecular formula is C31H31N5+2. The van der Waals surface area contributed by atoms with Crippen molar-refractivity contribution in [3.63, 3.8) is 0 Å². The first-order valence-corrected chi connectivity index (χ1v) is 13.0. The molecule has 2 aliphatic rings. The van der Waals surface area contributed by atoms with Gasteiger partial charge in [-0.25, -0.2) is 23.3 Å². The average molecular weight is 474 g/mol. The van der Waals surface area contributed by atoms with Crippen LogP contribution in [0, 0.1) is 0 Å². The van der Waals surface area contributed by atoms with Crippen LogP contribution in [0.25, 0.3) is 0 Å². The second-order valence-electron chi connectivity index (χ2n) is 10.2. The summed E-state index contributed by atoms with van der Waals surface area (Å²) in [5.74, 6) is 0. The number of pyridine rings is 1. The van der Waals surface area contributed by atoms with Crippen molar-refractivity contribution in [3.8, 4) is 0 Å². The molecule has 0 radical (unpaired) electrons. The molecule has 2 atom stereocenters. The van der Waals surface area contributed by atoms with E-state index in [9.17, 15) is 0 Å². The van der Waals surface area contributed by atoms with E-state index in [1.807, 2.05) is 0 Å². The maximum absolute atomic E-state index is 5.02. The Morgan fingerprint density at radius 3 is 1.56 bits per heavy atom. The predicted octanol–water partition coefficient (Wildman–Crippen LogP) is 4.43. The van der Waals surface area contributed by atoms with Crippen molar-refractivity contribution >= 4 is 0 Å². The molecule has 0 unspecified atom stereocenters. The molecule has 7 rings (SSSR count). The topological polar surface area (TPSA) is 30.5 Å². The first kappa shape index (κ1) is 21.3. The fraction of sp³-hybridized carbons (Fsp3) is 0.258. The Hall–Kier alpha value is -3.99. The molecule has 5 nitrogen and oxygen atoms in total. The highest BCUT2D eigenvalue weighted by Gasteiger charge is 2.31. The zero-order chi connectivity index (χ0) is 23.9. The number of rotatable bonds is 6. The third-order valence-corrected chi connectivity index (χ3v) is 7.78. The zero-order valence-electron chi connectivity index (χ0n) is 20.4. The van der Waals surface area contributed by atoms with Gasteiger partial charge in [-0.05, 0) is 23.3 Å². The van der Waals surface area contributed by atoms with E-state index in [1.54, 1.807) is 0 Å². The van der Waals surface area contributed by atoms with Gasteiger partial charge in [0.25, 0.3) is 0 Å². The Morgan fingerprint density at radius 2 is 1.08 bits per heavy atom. The smallest absolute Gasteiger partial charge is 0.244 e. The largest absolute Gasteiger partial charge is 0.250 e. The Kier molecular flexibility index (Phi) is 5.27. The highest BCUT2D eigenvalue weighted by Crippen LogP contribution is 2.31. The summed E-state index contributed by atoms with van der Waals surface area (Å²) >= 11 is 0. The fourth-order valence-electron chi connectivity index (χ4n) is 6.10. The van der Waals surface area contributed by atoms with Gasteiger partial charge in [-0.3, -0.25) is 0 Å². The van der Waals surface area contributed by atoms with Gasteiger partial charge < -0.3 is 0 Å². The average Bonchev–Trinajstić information content (AvgIpc) is 3.67. The van der Waals surface area contributed by atoms with Gasteiger partial charge in [0.05, 0.1) is 11.4 Å². The van der Waals surface area contributed by atoms with Crippen molar-refractivity contribution in [2.45, 2.75) is 50.9 Å². The lowest BCUT2D eigenvalue weighted by atomic mass is 10.1. The zero-order valence-corrected chi connectivity index (χ0v) is 20.4. The molecule has 2 aromatic carbocycles. The van der Waals surface area contributed by atoms with Crippen molar-refractivity contribution < 1.29 is 9.13 Å². The molecular weight excluding hydrogens is 442 g/mol. The SMILES string of the molecule is c1ccc([C@H]2CCc3c[n+](Cc4cccc(C[n+]5cc6n(c5)[C@@H](c5ccccc5)CC6)n4)cn32)cc1. The van der Waals surface area contributed by atoms with E-state index in [4.69, 9.17) is 4.98 Å². The summed E-state index contributed by atoms with van der Waals surface area (Å²) in [7, 11) is 0. The first-order valence-electron chi connectivity index (χ1n) is 13.0. The van der Waals surface area contributed by atoms with Crippen LogP contribution in [-0.2, 0) is 25.9 Å². The molecule has 2 aliphatic heterocycles. The lowest BCUT2D eigenvalue weighted by molar-refractivity contribution is -0.690. The van der Waals surface area contributed by atoms with Crippen LogP contribution in [0.3, 0.4) is 0 Å². The molecule has 5 aromatic rings. The van der Waals surface area contributed by atoms with Gasteiger partial charge >= 0.3 is 0 Å². The van der Waals surface area contributed by atoms with Crippen molar-refractivity contribution in [2.24, 2.45) is 0 Å². The Balaban J connectivity index is 1.07. The van der Waals surface area contributed by atoms with Crippen molar-refractivity contribution in [3.05, 3.63) is 138 Å². The van der Waals surface area contributed by atoms with Crippen molar-refractivity contribution in [2.75, 3.05) is 0 Å². The second-order valence-corrected chi connectivity index (χ2v) is 10.2. The molecule has 0 saturated carbocycles. The van der Waals surface area contributed by atoms with Crippen LogP contribution in [0.15, 0.2) is 104 Å². The van der Waals surface area contributed by atoms with E-state index >= 15 is 0 Å². The Morgan fingerprint density at radius 1 is 0.611 bits per heavy atom. The maximum Gasteiger partial charge on any atom is 0.244 e. The molecule has 0 saturated heterocycles. The van der Waals surface area contributed by atoms with Crippen LogP contribution in [0.2, 0.25) is 0 Å². The highest BCUT2D eigenvalue weighted by atomic mass is 15.2. The lowest BCUT2D eigenvalue weighted by Gasteiger charge is -2.08. The summed E-state index contributed by atoms with van der Waals surface area (Å²) in [5, 5.41) is 0. The van der Waals surface area contributed by atoms with Crippen LogP contribution in [0.1, 0.15) is 58.8 Å². The third-order valence-electron chi connectivity index (χ3n) is 7.78. The monoisotopic (exact) mass is 473 g/mol. The Labute approximate surface area is 211 Å². The van der Waals surface area contributed by atoms with Gasteiger partial charge in [0.15, 0.2) is 0 Å². The van der Waals surface area contributed by atoms with Gasteiger partial charge in [-0.15, -0.1) is 0 Å². The Bertz CT molecular complexity index is 1390. The van der Waals surface area contributed by atoms with E-state index < -0.39 is 0 Å². The fourth-order valence-corrected chi connectivity index (χ4v) is 6.10. The van der Waals surface area contributed by atoms with Gasteiger partial charge in [-0.2, -0.15) is 0 Å². The van der Waals surface area contributed by atoms with Crippen molar-refractivity contribution in [1.29, 1.82) is 0 Å². The van der Waals surface area contributed by atoms with Gasteiger partial charge in [-0.1, -0.05) is 66.7 Å². The minimum atomic E-state index is 0.439. The summed E-state index contributed by atoms with van der Waals surface area (Å²) in [5.41, 5.74) is 7.81. The number of fused-ring (bicyclic) bond motifs is 2. The predicted molar refractivity (Wildman–Crippen MR) is 137 cm³/mol. The molecule has 36 heavy (non-hydrogen) atoms. The molecule has 0 fully saturated rings. The summed E-state index contributed by atoms with van der Waals surface area (Å²) < 4.78 is 9.48. The summed E-state index contributed by atoms with van der Waals surface area (Å²) in [4.78, 5) is 5.02. The molecule has 0 N–H and O–H groups in total. The molecule has 3 aromatic heterocycles. The number of aryl methyl sites for hydroxylation is 2. The van der Waals surface area contributed by atoms with E-state index in [0.29, 0.717) is 12.1 Å². The van der Waals surface area contributed by atoms with Crippen LogP contribution < -0.4 is 9.13 Å². The number of nitrogens with zero attached hydrogens (tertiary/aromatic N) is 5. The minimum Gasteiger partial charge on any atom is -0.250 e.